The summed E-state index contributed by atoms with van der Waals surface area (Å²) < 4.78 is 5.16. The van der Waals surface area contributed by atoms with E-state index < -0.39 is 5.97 Å². The highest BCUT2D eigenvalue weighted by molar-refractivity contribution is 5.83. The van der Waals surface area contributed by atoms with E-state index in [1.807, 2.05) is 48.6 Å². The van der Waals surface area contributed by atoms with Crippen molar-refractivity contribution >= 4 is 5.97 Å². The van der Waals surface area contributed by atoms with Gasteiger partial charge in [-0.05, 0) is 11.6 Å². The number of hydrogen-bond donors (Lipinski definition) is 0. The summed E-state index contributed by atoms with van der Waals surface area (Å²) >= 11 is 0. The van der Waals surface area contributed by atoms with E-state index in [2.05, 4.69) is 6.58 Å². The molecule has 0 aromatic rings. The zero-order chi connectivity index (χ0) is 12.1. The van der Waals surface area contributed by atoms with E-state index >= 15 is 0 Å². The van der Waals surface area contributed by atoms with Crippen molar-refractivity contribution < 1.29 is 9.53 Å². The molecule has 0 unspecified atom stereocenters. The first-order valence-electron chi connectivity index (χ1n) is 5.30. The number of hydrogen-bond acceptors (Lipinski definition) is 2. The van der Waals surface area contributed by atoms with Gasteiger partial charge in [-0.15, -0.1) is 0 Å². The molecule has 0 atom stereocenters. The molecule has 0 radical (unpaired) electrons. The van der Waals surface area contributed by atoms with Crippen LogP contribution in [0.3, 0.4) is 0 Å². The SMILES string of the molecule is C=CC(=O)OC1=CC=CC1=C1C=CC=CC=C1. The summed E-state index contributed by atoms with van der Waals surface area (Å²) in [7, 11) is 0. The average molecular weight is 224 g/mol. The largest absolute Gasteiger partial charge is 0.423 e. The lowest BCUT2D eigenvalue weighted by molar-refractivity contribution is -0.133. The molecule has 0 spiro atoms. The number of carbonyl (C=O) groups is 1. The van der Waals surface area contributed by atoms with Crippen LogP contribution < -0.4 is 0 Å². The first kappa shape index (κ1) is 11.1. The van der Waals surface area contributed by atoms with Crippen LogP contribution in [0.1, 0.15) is 0 Å². The van der Waals surface area contributed by atoms with Crippen LogP contribution in [0, 0.1) is 0 Å². The predicted molar refractivity (Wildman–Crippen MR) is 68.0 cm³/mol. The van der Waals surface area contributed by atoms with Crippen LogP contribution in [0.25, 0.3) is 0 Å². The molecule has 17 heavy (non-hydrogen) atoms. The predicted octanol–water partition coefficient (Wildman–Crippen LogP) is 3.15. The molecular weight excluding hydrogens is 212 g/mol. The standard InChI is InChI=1S/C15H12O2/c1-2-15(16)17-14-11-7-10-13(14)12-8-5-3-4-6-9-12/h2-11H,1H2. The Balaban J connectivity index is 2.29. The molecule has 0 aromatic heterocycles. The van der Waals surface area contributed by atoms with Crippen LogP contribution in [-0.2, 0) is 9.53 Å². The normalized spacial score (nSPS) is 17.1. The zero-order valence-electron chi connectivity index (χ0n) is 9.30. The van der Waals surface area contributed by atoms with Gasteiger partial charge in [-0.3, -0.25) is 0 Å². The van der Waals surface area contributed by atoms with Gasteiger partial charge in [0.15, 0.2) is 0 Å². The summed E-state index contributed by atoms with van der Waals surface area (Å²) in [5.74, 6) is 0.110. The van der Waals surface area contributed by atoms with Crippen molar-refractivity contribution in [3.05, 3.63) is 84.2 Å². The summed E-state index contributed by atoms with van der Waals surface area (Å²) in [6, 6.07) is 0. The Labute approximate surface area is 100 Å². The molecule has 2 nitrogen and oxygen atoms in total. The minimum Gasteiger partial charge on any atom is -0.423 e. The highest BCUT2D eigenvalue weighted by atomic mass is 16.5. The van der Waals surface area contributed by atoms with Crippen LogP contribution in [0.15, 0.2) is 84.2 Å². The highest BCUT2D eigenvalue weighted by Gasteiger charge is 2.13. The second-order valence-corrected chi connectivity index (χ2v) is 3.49. The number of esters is 1. The molecule has 2 aliphatic carbocycles. The van der Waals surface area contributed by atoms with Crippen molar-refractivity contribution in [2.45, 2.75) is 0 Å². The molecule has 2 aliphatic rings. The summed E-state index contributed by atoms with van der Waals surface area (Å²) in [5.41, 5.74) is 1.91. The summed E-state index contributed by atoms with van der Waals surface area (Å²) in [6.07, 6.45) is 18.4. The number of rotatable bonds is 2. The lowest BCUT2D eigenvalue weighted by Crippen LogP contribution is -2.01. The maximum absolute atomic E-state index is 11.2. The van der Waals surface area contributed by atoms with E-state index in [1.54, 1.807) is 6.08 Å². The molecule has 0 heterocycles. The fourth-order valence-electron chi connectivity index (χ4n) is 1.56. The highest BCUT2D eigenvalue weighted by Crippen LogP contribution is 2.25. The van der Waals surface area contributed by atoms with Gasteiger partial charge in [-0.25, -0.2) is 4.79 Å². The zero-order valence-corrected chi connectivity index (χ0v) is 9.30. The van der Waals surface area contributed by atoms with E-state index in [1.165, 1.54) is 0 Å². The van der Waals surface area contributed by atoms with Gasteiger partial charge < -0.3 is 4.74 Å². The molecular formula is C15H12O2. The number of carbonyl (C=O) groups excluding carboxylic acids is 1. The van der Waals surface area contributed by atoms with Gasteiger partial charge in [-0.1, -0.05) is 55.2 Å². The number of allylic oxidation sites excluding steroid dienone is 10. The Morgan fingerprint density at radius 1 is 1.06 bits per heavy atom. The molecule has 84 valence electrons. The minimum absolute atomic E-state index is 0.447. The van der Waals surface area contributed by atoms with E-state index in [9.17, 15) is 4.79 Å². The Kier molecular flexibility index (Phi) is 3.36. The summed E-state index contributed by atoms with van der Waals surface area (Å²) in [5, 5.41) is 0. The molecule has 0 saturated carbocycles. The second kappa shape index (κ2) is 5.12. The Bertz CT molecular complexity index is 505. The van der Waals surface area contributed by atoms with E-state index in [0.29, 0.717) is 5.76 Å². The molecule has 0 amide bonds. The van der Waals surface area contributed by atoms with Gasteiger partial charge in [0.1, 0.15) is 5.76 Å². The third-order valence-electron chi connectivity index (χ3n) is 2.35. The summed E-state index contributed by atoms with van der Waals surface area (Å²) in [6.45, 7) is 3.38. The van der Waals surface area contributed by atoms with Gasteiger partial charge in [0.2, 0.25) is 0 Å². The van der Waals surface area contributed by atoms with Gasteiger partial charge in [-0.2, -0.15) is 0 Å². The van der Waals surface area contributed by atoms with Crippen LogP contribution in [0.5, 0.6) is 0 Å². The molecule has 0 saturated heterocycles. The Morgan fingerprint density at radius 2 is 1.76 bits per heavy atom. The van der Waals surface area contributed by atoms with Crippen LogP contribution in [0.4, 0.5) is 0 Å². The van der Waals surface area contributed by atoms with Crippen LogP contribution >= 0.6 is 0 Å². The third-order valence-corrected chi connectivity index (χ3v) is 2.35. The number of ether oxygens (including phenoxy) is 1. The monoisotopic (exact) mass is 224 g/mol. The van der Waals surface area contributed by atoms with Crippen LogP contribution in [-0.4, -0.2) is 5.97 Å². The smallest absolute Gasteiger partial charge is 0.335 e. The lowest BCUT2D eigenvalue weighted by Gasteiger charge is -2.07. The second-order valence-electron chi connectivity index (χ2n) is 3.49. The average Bonchev–Trinajstić information content (AvgIpc) is 2.63. The van der Waals surface area contributed by atoms with Crippen molar-refractivity contribution in [3.8, 4) is 0 Å². The molecule has 0 fully saturated rings. The van der Waals surface area contributed by atoms with E-state index in [0.717, 1.165) is 17.2 Å². The first-order chi connectivity index (χ1) is 8.31. The topological polar surface area (TPSA) is 26.3 Å². The Hall–Kier alpha value is -2.35. The van der Waals surface area contributed by atoms with Gasteiger partial charge in [0.25, 0.3) is 0 Å². The maximum atomic E-state index is 11.2. The maximum Gasteiger partial charge on any atom is 0.335 e. The van der Waals surface area contributed by atoms with E-state index in [-0.39, 0.29) is 0 Å². The first-order valence-corrected chi connectivity index (χ1v) is 5.30. The summed E-state index contributed by atoms with van der Waals surface area (Å²) in [4.78, 5) is 11.2. The van der Waals surface area contributed by atoms with Crippen molar-refractivity contribution in [1.29, 1.82) is 0 Å². The van der Waals surface area contributed by atoms with Gasteiger partial charge >= 0.3 is 5.97 Å². The van der Waals surface area contributed by atoms with Crippen molar-refractivity contribution in [2.75, 3.05) is 0 Å². The fourth-order valence-corrected chi connectivity index (χ4v) is 1.56. The molecule has 0 N–H and O–H groups in total. The van der Waals surface area contributed by atoms with Crippen molar-refractivity contribution in [3.63, 3.8) is 0 Å². The minimum atomic E-state index is -0.447. The molecule has 0 aliphatic heterocycles. The molecule has 2 heteroatoms. The fraction of sp³-hybridized carbons (Fsp3) is 0. The Morgan fingerprint density at radius 3 is 2.41 bits per heavy atom. The molecule has 2 rings (SSSR count). The van der Waals surface area contributed by atoms with Crippen LogP contribution in [0.2, 0.25) is 0 Å². The van der Waals surface area contributed by atoms with Crippen molar-refractivity contribution in [2.24, 2.45) is 0 Å². The quantitative estimate of drug-likeness (QED) is 0.532. The van der Waals surface area contributed by atoms with E-state index in [4.69, 9.17) is 4.74 Å². The molecule has 0 bridgehead atoms. The van der Waals surface area contributed by atoms with Crippen molar-refractivity contribution in [1.82, 2.24) is 0 Å². The lowest BCUT2D eigenvalue weighted by atomic mass is 10.1. The third kappa shape index (κ3) is 2.61. The van der Waals surface area contributed by atoms with Gasteiger partial charge in [0, 0.05) is 11.6 Å². The van der Waals surface area contributed by atoms with Gasteiger partial charge in [0.05, 0.1) is 0 Å². The molecule has 0 aromatic carbocycles.